The van der Waals surface area contributed by atoms with Crippen molar-refractivity contribution in [3.05, 3.63) is 48.0 Å². The standard InChI is InChI=1S/C19H22N2O/c22-18(17-12-19(17)8-10-20-11-9-19)21-13-15-6-3-5-14-4-1-2-7-16(14)15/h1-7,17,20H,8-13H2,(H,21,22). The first-order valence-corrected chi connectivity index (χ1v) is 8.24. The van der Waals surface area contributed by atoms with Gasteiger partial charge in [-0.1, -0.05) is 42.5 Å². The number of rotatable bonds is 3. The summed E-state index contributed by atoms with van der Waals surface area (Å²) in [6, 6.07) is 14.6. The van der Waals surface area contributed by atoms with E-state index < -0.39 is 0 Å². The molecule has 3 heteroatoms. The van der Waals surface area contributed by atoms with Crippen molar-refractivity contribution in [1.29, 1.82) is 0 Å². The van der Waals surface area contributed by atoms with Crippen molar-refractivity contribution in [3.8, 4) is 0 Å². The Balaban J connectivity index is 1.43. The van der Waals surface area contributed by atoms with E-state index in [9.17, 15) is 4.79 Å². The number of amides is 1. The molecule has 2 aliphatic rings. The molecule has 1 atom stereocenters. The van der Waals surface area contributed by atoms with Crippen molar-refractivity contribution in [1.82, 2.24) is 10.6 Å². The van der Waals surface area contributed by atoms with E-state index in [2.05, 4.69) is 53.1 Å². The van der Waals surface area contributed by atoms with Gasteiger partial charge in [0.1, 0.15) is 0 Å². The van der Waals surface area contributed by atoms with Crippen molar-refractivity contribution >= 4 is 16.7 Å². The van der Waals surface area contributed by atoms with Gasteiger partial charge in [0.25, 0.3) is 0 Å². The van der Waals surface area contributed by atoms with Crippen LogP contribution in [0.3, 0.4) is 0 Å². The zero-order valence-electron chi connectivity index (χ0n) is 12.8. The third kappa shape index (κ3) is 2.40. The Hall–Kier alpha value is -1.87. The van der Waals surface area contributed by atoms with Crippen LogP contribution in [-0.2, 0) is 11.3 Å². The lowest BCUT2D eigenvalue weighted by Gasteiger charge is -2.23. The smallest absolute Gasteiger partial charge is 0.223 e. The molecular weight excluding hydrogens is 272 g/mol. The Morgan fingerprint density at radius 3 is 2.77 bits per heavy atom. The Morgan fingerprint density at radius 2 is 1.91 bits per heavy atom. The van der Waals surface area contributed by atoms with Gasteiger partial charge in [-0.2, -0.15) is 0 Å². The lowest BCUT2D eigenvalue weighted by Crippen LogP contribution is -2.33. The first-order chi connectivity index (χ1) is 10.8. The van der Waals surface area contributed by atoms with Gasteiger partial charge in [-0.05, 0) is 54.1 Å². The highest BCUT2D eigenvalue weighted by Gasteiger charge is 2.57. The number of benzene rings is 2. The third-order valence-electron chi connectivity index (χ3n) is 5.44. The zero-order chi connectivity index (χ0) is 15.0. The fraction of sp³-hybridized carbons (Fsp3) is 0.421. The Morgan fingerprint density at radius 1 is 1.14 bits per heavy atom. The van der Waals surface area contributed by atoms with Crippen LogP contribution in [0.25, 0.3) is 10.8 Å². The normalized spacial score (nSPS) is 22.6. The molecule has 114 valence electrons. The summed E-state index contributed by atoms with van der Waals surface area (Å²) >= 11 is 0. The number of carbonyl (C=O) groups excluding carboxylic acids is 1. The quantitative estimate of drug-likeness (QED) is 0.914. The largest absolute Gasteiger partial charge is 0.352 e. The summed E-state index contributed by atoms with van der Waals surface area (Å²) in [6.07, 6.45) is 3.38. The number of hydrogen-bond acceptors (Lipinski definition) is 2. The van der Waals surface area contributed by atoms with E-state index in [-0.39, 0.29) is 11.8 Å². The summed E-state index contributed by atoms with van der Waals surface area (Å²) in [5.74, 6) is 0.486. The molecule has 0 radical (unpaired) electrons. The SMILES string of the molecule is O=C(NCc1cccc2ccccc12)C1CC12CCNCC2. The van der Waals surface area contributed by atoms with Crippen LogP contribution in [0.4, 0.5) is 0 Å². The van der Waals surface area contributed by atoms with Crippen molar-refractivity contribution in [2.24, 2.45) is 11.3 Å². The second-order valence-electron chi connectivity index (χ2n) is 6.73. The molecule has 1 saturated carbocycles. The van der Waals surface area contributed by atoms with E-state index in [1.165, 1.54) is 16.3 Å². The van der Waals surface area contributed by atoms with E-state index in [1.54, 1.807) is 0 Å². The van der Waals surface area contributed by atoms with E-state index in [0.717, 1.165) is 32.4 Å². The summed E-state index contributed by atoms with van der Waals surface area (Å²) < 4.78 is 0. The van der Waals surface area contributed by atoms with E-state index in [4.69, 9.17) is 0 Å². The highest BCUT2D eigenvalue weighted by atomic mass is 16.2. The third-order valence-corrected chi connectivity index (χ3v) is 5.44. The molecule has 2 N–H and O–H groups in total. The van der Waals surface area contributed by atoms with E-state index in [1.807, 2.05) is 0 Å². The lowest BCUT2D eigenvalue weighted by molar-refractivity contribution is -0.123. The van der Waals surface area contributed by atoms with Gasteiger partial charge in [0.05, 0.1) is 0 Å². The van der Waals surface area contributed by atoms with E-state index in [0.29, 0.717) is 12.0 Å². The minimum atomic E-state index is 0.240. The summed E-state index contributed by atoms with van der Waals surface area (Å²) in [6.45, 7) is 2.76. The first kappa shape index (κ1) is 13.8. The van der Waals surface area contributed by atoms with E-state index >= 15 is 0 Å². The molecule has 1 aliphatic heterocycles. The van der Waals surface area contributed by atoms with Crippen LogP contribution in [0.15, 0.2) is 42.5 Å². The molecule has 3 nitrogen and oxygen atoms in total. The van der Waals surface area contributed by atoms with Crippen molar-refractivity contribution in [2.45, 2.75) is 25.8 Å². The van der Waals surface area contributed by atoms with Crippen molar-refractivity contribution in [2.75, 3.05) is 13.1 Å². The average Bonchev–Trinajstić information content (AvgIpc) is 3.26. The number of hydrogen-bond donors (Lipinski definition) is 2. The molecule has 2 fully saturated rings. The number of piperidine rings is 1. The molecule has 1 saturated heterocycles. The second kappa shape index (κ2) is 5.40. The summed E-state index contributed by atoms with van der Waals surface area (Å²) in [7, 11) is 0. The molecule has 1 spiro atoms. The molecule has 0 aromatic heterocycles. The fourth-order valence-corrected chi connectivity index (χ4v) is 3.95. The monoisotopic (exact) mass is 294 g/mol. The first-order valence-electron chi connectivity index (χ1n) is 8.24. The molecule has 22 heavy (non-hydrogen) atoms. The van der Waals surface area contributed by atoms with Crippen LogP contribution in [-0.4, -0.2) is 19.0 Å². The highest BCUT2D eigenvalue weighted by Crippen LogP contribution is 2.58. The van der Waals surface area contributed by atoms with Crippen LogP contribution in [0.5, 0.6) is 0 Å². The highest BCUT2D eigenvalue weighted by molar-refractivity contribution is 5.87. The zero-order valence-corrected chi connectivity index (χ0v) is 12.8. The molecule has 0 bridgehead atoms. The predicted molar refractivity (Wildman–Crippen MR) is 88.4 cm³/mol. The molecule has 1 amide bonds. The molecule has 4 rings (SSSR count). The Kier molecular flexibility index (Phi) is 3.38. The summed E-state index contributed by atoms with van der Waals surface area (Å²) in [4.78, 5) is 12.5. The van der Waals surface area contributed by atoms with Crippen LogP contribution < -0.4 is 10.6 Å². The maximum Gasteiger partial charge on any atom is 0.223 e. The van der Waals surface area contributed by atoms with Gasteiger partial charge in [-0.25, -0.2) is 0 Å². The lowest BCUT2D eigenvalue weighted by atomic mass is 9.92. The summed E-state index contributed by atoms with van der Waals surface area (Å²) in [5.41, 5.74) is 1.51. The number of carbonyl (C=O) groups is 1. The van der Waals surface area contributed by atoms with Gasteiger partial charge >= 0.3 is 0 Å². The number of fused-ring (bicyclic) bond motifs is 1. The van der Waals surface area contributed by atoms with Gasteiger partial charge in [-0.15, -0.1) is 0 Å². The molecule has 1 unspecified atom stereocenters. The Bertz CT molecular complexity index is 698. The minimum absolute atomic E-state index is 0.240. The van der Waals surface area contributed by atoms with Gasteiger partial charge < -0.3 is 10.6 Å². The van der Waals surface area contributed by atoms with Crippen LogP contribution in [0.1, 0.15) is 24.8 Å². The maximum atomic E-state index is 12.5. The average molecular weight is 294 g/mol. The van der Waals surface area contributed by atoms with Gasteiger partial charge in [0.15, 0.2) is 0 Å². The predicted octanol–water partition coefficient (Wildman–Crippen LogP) is 2.85. The van der Waals surface area contributed by atoms with Gasteiger partial charge in [0, 0.05) is 12.5 Å². The Labute approximate surface area is 131 Å². The molecule has 2 aromatic rings. The summed E-state index contributed by atoms with van der Waals surface area (Å²) in [5, 5.41) is 9.02. The second-order valence-corrected chi connectivity index (χ2v) is 6.73. The van der Waals surface area contributed by atoms with Crippen LogP contribution in [0.2, 0.25) is 0 Å². The van der Waals surface area contributed by atoms with Crippen LogP contribution in [0, 0.1) is 11.3 Å². The van der Waals surface area contributed by atoms with Crippen molar-refractivity contribution in [3.63, 3.8) is 0 Å². The number of nitrogens with one attached hydrogen (secondary N) is 2. The minimum Gasteiger partial charge on any atom is -0.352 e. The molecular formula is C19H22N2O. The van der Waals surface area contributed by atoms with Gasteiger partial charge in [0.2, 0.25) is 5.91 Å². The maximum absolute atomic E-state index is 12.5. The molecule has 1 heterocycles. The van der Waals surface area contributed by atoms with Crippen LogP contribution >= 0.6 is 0 Å². The molecule has 1 aliphatic carbocycles. The van der Waals surface area contributed by atoms with Gasteiger partial charge in [-0.3, -0.25) is 4.79 Å². The topological polar surface area (TPSA) is 41.1 Å². The molecule has 2 aromatic carbocycles. The fourth-order valence-electron chi connectivity index (χ4n) is 3.95. The van der Waals surface area contributed by atoms with Crippen molar-refractivity contribution < 1.29 is 4.79 Å².